The first-order chi connectivity index (χ1) is 12.9. The molecule has 0 saturated carbocycles. The predicted octanol–water partition coefficient (Wildman–Crippen LogP) is 1.17. The minimum atomic E-state index is -1.06. The van der Waals surface area contributed by atoms with E-state index in [0.29, 0.717) is 0 Å². The van der Waals surface area contributed by atoms with Crippen molar-refractivity contribution < 1.29 is 18.3 Å². The summed E-state index contributed by atoms with van der Waals surface area (Å²) < 4.78 is 32.5. The number of esters is 1. The molecule has 0 amide bonds. The van der Waals surface area contributed by atoms with Crippen LogP contribution in [-0.4, -0.2) is 17.6 Å². The zero-order valence-electron chi connectivity index (χ0n) is 14.2. The summed E-state index contributed by atoms with van der Waals surface area (Å²) in [6.07, 6.45) is 1.68. The van der Waals surface area contributed by atoms with E-state index >= 15 is 0 Å². The third-order valence-corrected chi connectivity index (χ3v) is 4.71. The number of benzene rings is 1. The molecule has 0 unspecified atom stereocenters. The van der Waals surface area contributed by atoms with Crippen molar-refractivity contribution in [2.45, 2.75) is 19.4 Å². The Morgan fingerprint density at radius 1 is 1.30 bits per heavy atom. The molecule has 0 aliphatic carbocycles. The Kier molecular flexibility index (Phi) is 6.58. The highest BCUT2D eigenvalue weighted by molar-refractivity contribution is 7.07. The van der Waals surface area contributed by atoms with Gasteiger partial charge in [-0.05, 0) is 30.2 Å². The summed E-state index contributed by atoms with van der Waals surface area (Å²) in [5, 5.41) is 18.2. The number of methoxy groups -OCH3 is 1. The zero-order valence-corrected chi connectivity index (χ0v) is 15.0. The van der Waals surface area contributed by atoms with E-state index in [0.717, 1.165) is 23.5 Å². The number of thiazole rings is 1. The second-order valence-electron chi connectivity index (χ2n) is 5.32. The Labute approximate surface area is 156 Å². The first-order valence-electron chi connectivity index (χ1n) is 7.69. The van der Waals surface area contributed by atoms with Crippen molar-refractivity contribution in [3.63, 3.8) is 0 Å². The van der Waals surface area contributed by atoms with Crippen molar-refractivity contribution in [3.05, 3.63) is 54.9 Å². The maximum Gasteiger partial charge on any atom is 0.305 e. The molecule has 0 spiro atoms. The van der Waals surface area contributed by atoms with Gasteiger partial charge in [0.1, 0.15) is 16.8 Å². The molecule has 27 heavy (non-hydrogen) atoms. The van der Waals surface area contributed by atoms with E-state index in [2.05, 4.69) is 4.74 Å². The van der Waals surface area contributed by atoms with Crippen LogP contribution in [0.1, 0.15) is 18.4 Å². The second kappa shape index (κ2) is 8.88. The van der Waals surface area contributed by atoms with Gasteiger partial charge >= 0.3 is 5.97 Å². The summed E-state index contributed by atoms with van der Waals surface area (Å²) >= 11 is 0.893. The van der Waals surface area contributed by atoms with Gasteiger partial charge in [-0.3, -0.25) is 14.2 Å². The van der Waals surface area contributed by atoms with Gasteiger partial charge < -0.3 is 4.74 Å². The predicted molar refractivity (Wildman–Crippen MR) is 93.6 cm³/mol. The Morgan fingerprint density at radius 3 is 2.59 bits per heavy atom. The molecule has 6 nitrogen and oxygen atoms in total. The summed E-state index contributed by atoms with van der Waals surface area (Å²) in [5.74, 6) is -2.51. The molecule has 2 rings (SSSR count). The van der Waals surface area contributed by atoms with Gasteiger partial charge in [-0.2, -0.15) is 10.5 Å². The number of carbonyl (C=O) groups excluding carboxylic acids is 1. The van der Waals surface area contributed by atoms with Gasteiger partial charge in [0.2, 0.25) is 0 Å². The van der Waals surface area contributed by atoms with E-state index < -0.39 is 23.2 Å². The standard InChI is InChI=1S/C18H13F2N3O3S/c1-26-16(24)3-2-6-23-17(25)15(27-18(23)12(9-21)10-22)8-11-4-5-13(19)14(20)7-11/h4-5,7-8H,2-3,6H2,1H3/b15-8+. The van der Waals surface area contributed by atoms with E-state index in [4.69, 9.17) is 10.5 Å². The molecule has 1 aromatic heterocycles. The molecule has 1 heterocycles. The molecule has 0 fully saturated rings. The van der Waals surface area contributed by atoms with Gasteiger partial charge in [0, 0.05) is 13.0 Å². The fourth-order valence-electron chi connectivity index (χ4n) is 2.27. The largest absolute Gasteiger partial charge is 0.469 e. The topological polar surface area (TPSA) is 95.9 Å². The number of hydrogen-bond donors (Lipinski definition) is 0. The lowest BCUT2D eigenvalue weighted by Gasteiger charge is -2.01. The lowest BCUT2D eigenvalue weighted by molar-refractivity contribution is -0.140. The van der Waals surface area contributed by atoms with E-state index in [1.807, 2.05) is 0 Å². The van der Waals surface area contributed by atoms with Crippen LogP contribution in [0.5, 0.6) is 0 Å². The van der Waals surface area contributed by atoms with Crippen LogP contribution in [0.2, 0.25) is 0 Å². The summed E-state index contributed by atoms with van der Waals surface area (Å²) in [4.78, 5) is 23.9. The fraction of sp³-hybridized carbons (Fsp3) is 0.222. The number of halogens is 2. The van der Waals surface area contributed by atoms with Crippen molar-refractivity contribution >= 4 is 29.0 Å². The molecule has 0 N–H and O–H groups in total. The summed E-state index contributed by atoms with van der Waals surface area (Å²) in [6.45, 7) is 0.0955. The van der Waals surface area contributed by atoms with Gasteiger partial charge in [-0.1, -0.05) is 6.07 Å². The van der Waals surface area contributed by atoms with Crippen LogP contribution >= 0.6 is 11.3 Å². The minimum Gasteiger partial charge on any atom is -0.469 e. The molecule has 0 bridgehead atoms. The van der Waals surface area contributed by atoms with E-state index in [1.54, 1.807) is 12.1 Å². The number of aromatic nitrogens is 1. The average molecular weight is 389 g/mol. The molecule has 9 heteroatoms. The monoisotopic (exact) mass is 389 g/mol. The normalized spacial score (nSPS) is 10.9. The Balaban J connectivity index is 2.58. The van der Waals surface area contributed by atoms with E-state index in [1.165, 1.54) is 23.8 Å². The van der Waals surface area contributed by atoms with Crippen molar-refractivity contribution in [1.82, 2.24) is 4.57 Å². The number of nitriles is 2. The van der Waals surface area contributed by atoms with Gasteiger partial charge in [0.25, 0.3) is 5.56 Å². The van der Waals surface area contributed by atoms with Gasteiger partial charge in [-0.15, -0.1) is 11.3 Å². The molecular formula is C18H13F2N3O3S. The van der Waals surface area contributed by atoms with Crippen LogP contribution in [0.15, 0.2) is 23.0 Å². The van der Waals surface area contributed by atoms with Gasteiger partial charge in [0.05, 0.1) is 11.6 Å². The second-order valence-corrected chi connectivity index (χ2v) is 6.36. The molecular weight excluding hydrogens is 376 g/mol. The number of hydrogen-bond acceptors (Lipinski definition) is 6. The Hall–Kier alpha value is -3.30. The molecule has 2 aromatic rings. The lowest BCUT2D eigenvalue weighted by Crippen LogP contribution is -2.32. The van der Waals surface area contributed by atoms with Crippen LogP contribution in [0.3, 0.4) is 0 Å². The number of ether oxygens (including phenoxy) is 1. The molecule has 0 saturated heterocycles. The van der Waals surface area contributed by atoms with Crippen LogP contribution in [0.25, 0.3) is 11.6 Å². The smallest absolute Gasteiger partial charge is 0.305 e. The number of rotatable bonds is 5. The Morgan fingerprint density at radius 2 is 2.00 bits per heavy atom. The van der Waals surface area contributed by atoms with Gasteiger partial charge in [-0.25, -0.2) is 8.78 Å². The van der Waals surface area contributed by atoms with E-state index in [-0.39, 0.29) is 39.7 Å². The molecule has 0 aliphatic heterocycles. The SMILES string of the molecule is COC(=O)CCCn1c(=C(C#N)C#N)s/c(=C/c2ccc(F)c(F)c2)c1=O. The van der Waals surface area contributed by atoms with Crippen molar-refractivity contribution in [2.75, 3.05) is 7.11 Å². The highest BCUT2D eigenvalue weighted by Crippen LogP contribution is 2.09. The van der Waals surface area contributed by atoms with Crippen LogP contribution < -0.4 is 14.8 Å². The summed E-state index contributed by atoms with van der Waals surface area (Å²) in [7, 11) is 1.25. The first kappa shape index (κ1) is 20.0. The van der Waals surface area contributed by atoms with Crippen molar-refractivity contribution in [2.24, 2.45) is 0 Å². The maximum absolute atomic E-state index is 13.4. The fourth-order valence-corrected chi connectivity index (χ4v) is 3.34. The van der Waals surface area contributed by atoms with Crippen LogP contribution in [0, 0.1) is 34.3 Å². The number of nitrogens with zero attached hydrogens (tertiary/aromatic N) is 3. The van der Waals surface area contributed by atoms with Gasteiger partial charge in [0.15, 0.2) is 17.2 Å². The highest BCUT2D eigenvalue weighted by atomic mass is 32.1. The lowest BCUT2D eigenvalue weighted by atomic mass is 10.2. The maximum atomic E-state index is 13.4. The first-order valence-corrected chi connectivity index (χ1v) is 8.50. The molecule has 0 aliphatic rings. The quantitative estimate of drug-likeness (QED) is 0.716. The summed E-state index contributed by atoms with van der Waals surface area (Å²) in [6, 6.07) is 6.64. The van der Waals surface area contributed by atoms with Crippen LogP contribution in [0.4, 0.5) is 8.78 Å². The number of carbonyl (C=O) groups is 1. The summed E-state index contributed by atoms with van der Waals surface area (Å²) in [5.41, 5.74) is -0.483. The van der Waals surface area contributed by atoms with Crippen molar-refractivity contribution in [1.29, 1.82) is 10.5 Å². The molecule has 0 atom stereocenters. The third-order valence-electron chi connectivity index (χ3n) is 3.58. The molecule has 1 aromatic carbocycles. The zero-order chi connectivity index (χ0) is 20.0. The third kappa shape index (κ3) is 4.66. The molecule has 138 valence electrons. The minimum absolute atomic E-state index is 0.0644. The van der Waals surface area contributed by atoms with Crippen molar-refractivity contribution in [3.8, 4) is 12.1 Å². The average Bonchev–Trinajstić information content (AvgIpc) is 2.95. The van der Waals surface area contributed by atoms with E-state index in [9.17, 15) is 18.4 Å². The molecule has 0 radical (unpaired) electrons. The van der Waals surface area contributed by atoms with Crippen LogP contribution in [-0.2, 0) is 16.1 Å². The Bertz CT molecular complexity index is 1120. The highest BCUT2D eigenvalue weighted by Gasteiger charge is 2.11.